The van der Waals surface area contributed by atoms with Crippen LogP contribution in [0.2, 0.25) is 0 Å². The largest absolute Gasteiger partial charge is 0.514 e. The number of benzene rings is 2. The Balaban J connectivity index is 2.23. The highest BCUT2D eigenvalue weighted by Gasteiger charge is 2.32. The zero-order valence-electron chi connectivity index (χ0n) is 14.5. The molecule has 0 N–H and O–H groups in total. The van der Waals surface area contributed by atoms with Crippen LogP contribution < -0.4 is 15.8 Å². The molecule has 4 rings (SSSR count). The summed E-state index contributed by atoms with van der Waals surface area (Å²) < 4.78 is 8.47. The molecule has 0 amide bonds. The summed E-state index contributed by atoms with van der Waals surface area (Å²) in [5.41, 5.74) is 1.47. The van der Waals surface area contributed by atoms with Crippen LogP contribution in [0.25, 0.3) is 22.8 Å². The summed E-state index contributed by atoms with van der Waals surface area (Å²) in [5.74, 6) is 0.895. The van der Waals surface area contributed by atoms with E-state index in [9.17, 15) is 9.59 Å². The lowest BCUT2D eigenvalue weighted by molar-refractivity contribution is -0.615. The monoisotopic (exact) mass is 345 g/mol. The van der Waals surface area contributed by atoms with Crippen molar-refractivity contribution in [1.29, 1.82) is 0 Å². The molecule has 2 aliphatic rings. The quantitative estimate of drug-likeness (QED) is 0.525. The normalized spacial score (nSPS) is 11.0. The molecule has 2 heterocycles. The van der Waals surface area contributed by atoms with Crippen LogP contribution in [-0.2, 0) is 0 Å². The van der Waals surface area contributed by atoms with Crippen molar-refractivity contribution in [3.8, 4) is 22.8 Å². The molecule has 0 unspecified atom stereocenters. The van der Waals surface area contributed by atoms with Gasteiger partial charge in [0.05, 0.1) is 0 Å². The van der Waals surface area contributed by atoms with Gasteiger partial charge in [-0.15, -0.1) is 9.13 Å². The first-order valence-electron chi connectivity index (χ1n) is 8.31. The van der Waals surface area contributed by atoms with Crippen molar-refractivity contribution in [2.75, 3.05) is 0 Å². The van der Waals surface area contributed by atoms with Crippen molar-refractivity contribution in [1.82, 2.24) is 4.57 Å². The molecule has 26 heavy (non-hydrogen) atoms. The first-order chi connectivity index (χ1) is 12.6. The van der Waals surface area contributed by atoms with Gasteiger partial charge < -0.3 is 4.42 Å². The summed E-state index contributed by atoms with van der Waals surface area (Å²) in [4.78, 5) is 26.4. The third-order valence-corrected chi connectivity index (χ3v) is 4.32. The summed E-state index contributed by atoms with van der Waals surface area (Å²) in [5, 5.41) is 0. The van der Waals surface area contributed by atoms with Gasteiger partial charge in [-0.2, -0.15) is 4.79 Å². The number of hydrogen-bond donors (Lipinski definition) is 0. The number of para-hydroxylation sites is 2. The molecule has 0 spiro atoms. The minimum atomic E-state index is -0.464. The van der Waals surface area contributed by atoms with Gasteiger partial charge in [0.1, 0.15) is 17.1 Å². The van der Waals surface area contributed by atoms with Crippen molar-refractivity contribution in [2.24, 2.45) is 0 Å². The van der Waals surface area contributed by atoms with Crippen LogP contribution in [-0.4, -0.2) is 4.57 Å². The number of aryl methyl sites for hydroxylation is 2. The number of hydrogen-bond acceptors (Lipinski definition) is 3. The van der Waals surface area contributed by atoms with E-state index < -0.39 is 5.69 Å². The van der Waals surface area contributed by atoms with Crippen LogP contribution in [0.5, 0.6) is 0 Å². The third-order valence-electron chi connectivity index (χ3n) is 4.32. The van der Waals surface area contributed by atoms with E-state index in [-0.39, 0.29) is 11.4 Å². The predicted molar refractivity (Wildman–Crippen MR) is 98.2 cm³/mol. The van der Waals surface area contributed by atoms with Gasteiger partial charge >= 0.3 is 17.1 Å². The average Bonchev–Trinajstić information content (AvgIpc) is 2.63. The van der Waals surface area contributed by atoms with Gasteiger partial charge in [0.2, 0.25) is 0 Å². The minimum absolute atomic E-state index is 0.260. The highest BCUT2D eigenvalue weighted by molar-refractivity contribution is 5.57. The molecule has 0 atom stereocenters. The Labute approximate surface area is 149 Å². The number of fused-ring (bicyclic) bond motifs is 1. The molecule has 5 heteroatoms. The summed E-state index contributed by atoms with van der Waals surface area (Å²) in [7, 11) is 0. The lowest BCUT2D eigenvalue weighted by Crippen LogP contribution is -2.58. The van der Waals surface area contributed by atoms with Crippen LogP contribution in [0.1, 0.15) is 11.3 Å². The molecular weight excluding hydrogens is 328 g/mol. The van der Waals surface area contributed by atoms with Crippen molar-refractivity contribution in [3.05, 3.63) is 98.9 Å². The maximum absolute atomic E-state index is 13.3. The summed E-state index contributed by atoms with van der Waals surface area (Å²) in [6, 6.07) is 19.9. The first kappa shape index (κ1) is 16.0. The molecule has 2 aromatic rings. The molecule has 0 radical (unpaired) electrons. The Morgan fingerprint density at radius 1 is 0.885 bits per heavy atom. The Kier molecular flexibility index (Phi) is 3.77. The highest BCUT2D eigenvalue weighted by atomic mass is 16.3. The van der Waals surface area contributed by atoms with E-state index in [1.807, 2.05) is 43.3 Å². The van der Waals surface area contributed by atoms with Crippen molar-refractivity contribution >= 4 is 0 Å². The average molecular weight is 345 g/mol. The van der Waals surface area contributed by atoms with Gasteiger partial charge in [-0.1, -0.05) is 36.4 Å². The molecule has 5 nitrogen and oxygen atoms in total. The SMILES string of the molecule is Cc1cc(C)c2c(=O)n(-c3ccccc3)c(=O)[n+](-c3ccccc3)c-2o1. The van der Waals surface area contributed by atoms with E-state index in [2.05, 4.69) is 0 Å². The second kappa shape index (κ2) is 6.11. The Bertz CT molecular complexity index is 1180. The van der Waals surface area contributed by atoms with Crippen molar-refractivity contribution in [2.45, 2.75) is 13.8 Å². The van der Waals surface area contributed by atoms with Crippen LogP contribution in [0.4, 0.5) is 0 Å². The molecular formula is C21H17N2O3+. The fourth-order valence-corrected chi connectivity index (χ4v) is 3.19. The smallest absolute Gasteiger partial charge is 0.427 e. The highest BCUT2D eigenvalue weighted by Crippen LogP contribution is 2.21. The third kappa shape index (κ3) is 2.45. The topological polar surface area (TPSA) is 56.1 Å². The van der Waals surface area contributed by atoms with E-state index in [0.29, 0.717) is 22.7 Å². The van der Waals surface area contributed by atoms with Gasteiger partial charge in [-0.05, 0) is 49.7 Å². The van der Waals surface area contributed by atoms with Gasteiger partial charge in [0.25, 0.3) is 0 Å². The standard InChI is InChI=1S/C21H17N2O3/c1-14-13-15(2)26-20-18(14)19(24)22(16-9-5-3-6-10-16)21(25)23(20)17-11-7-4-8-12-17/h3-13H,1-2H3/q+1. The van der Waals surface area contributed by atoms with Crippen LogP contribution >= 0.6 is 0 Å². The number of rotatable bonds is 2. The fourth-order valence-electron chi connectivity index (χ4n) is 3.19. The van der Waals surface area contributed by atoms with Crippen molar-refractivity contribution in [3.63, 3.8) is 0 Å². The van der Waals surface area contributed by atoms with Crippen molar-refractivity contribution < 1.29 is 8.98 Å². The van der Waals surface area contributed by atoms with Gasteiger partial charge in [0.15, 0.2) is 5.56 Å². The molecule has 0 saturated carbocycles. The van der Waals surface area contributed by atoms with E-state index in [0.717, 1.165) is 5.56 Å². The lowest BCUT2D eigenvalue weighted by Gasteiger charge is -2.11. The predicted octanol–water partition coefficient (Wildman–Crippen LogP) is 2.79. The van der Waals surface area contributed by atoms with Gasteiger partial charge in [-0.25, -0.2) is 4.79 Å². The molecule has 128 valence electrons. The number of aromatic nitrogens is 2. The second-order valence-electron chi connectivity index (χ2n) is 6.15. The Morgan fingerprint density at radius 3 is 2.15 bits per heavy atom. The Hall–Kier alpha value is -3.47. The lowest BCUT2D eigenvalue weighted by atomic mass is 10.1. The molecule has 0 aromatic heterocycles. The molecule has 0 aliphatic carbocycles. The van der Waals surface area contributed by atoms with E-state index in [4.69, 9.17) is 4.42 Å². The van der Waals surface area contributed by atoms with Crippen LogP contribution in [0.15, 0.2) is 80.7 Å². The Morgan fingerprint density at radius 2 is 1.50 bits per heavy atom. The summed E-state index contributed by atoms with van der Waals surface area (Å²) >= 11 is 0. The van der Waals surface area contributed by atoms with E-state index in [1.165, 1.54) is 9.13 Å². The summed E-state index contributed by atoms with van der Waals surface area (Å²) in [6.45, 7) is 3.65. The van der Waals surface area contributed by atoms with Gasteiger partial charge in [-0.3, -0.25) is 0 Å². The molecule has 0 bridgehead atoms. The second-order valence-corrected chi connectivity index (χ2v) is 6.15. The molecule has 2 aliphatic heterocycles. The molecule has 0 fully saturated rings. The maximum Gasteiger partial charge on any atom is 0.514 e. The fraction of sp³-hybridized carbons (Fsp3) is 0.0952. The van der Waals surface area contributed by atoms with E-state index >= 15 is 0 Å². The van der Waals surface area contributed by atoms with E-state index in [1.54, 1.807) is 37.3 Å². The van der Waals surface area contributed by atoms with Gasteiger partial charge in [0, 0.05) is 0 Å². The molecule has 2 aromatic carbocycles. The zero-order valence-corrected chi connectivity index (χ0v) is 14.5. The molecule has 0 saturated heterocycles. The maximum atomic E-state index is 13.3. The summed E-state index contributed by atoms with van der Waals surface area (Å²) in [6.07, 6.45) is 0. The first-order valence-corrected chi connectivity index (χ1v) is 8.31. The zero-order chi connectivity index (χ0) is 18.3. The minimum Gasteiger partial charge on any atom is -0.427 e. The van der Waals surface area contributed by atoms with Crippen LogP contribution in [0, 0.1) is 13.8 Å². The van der Waals surface area contributed by atoms with Crippen LogP contribution in [0.3, 0.4) is 0 Å². The number of nitrogens with zero attached hydrogens (tertiary/aromatic N) is 2.